The van der Waals surface area contributed by atoms with Crippen LogP contribution in [-0.2, 0) is 30.0 Å². The highest BCUT2D eigenvalue weighted by molar-refractivity contribution is 7.52. The average Bonchev–Trinajstić information content (AvgIpc) is 2.77. The fraction of sp³-hybridized carbons (Fsp3) is 0.286. The van der Waals surface area contributed by atoms with Gasteiger partial charge in [-0.2, -0.15) is 0 Å². The van der Waals surface area contributed by atoms with Crippen molar-refractivity contribution in [2.24, 2.45) is 0 Å². The van der Waals surface area contributed by atoms with E-state index in [1.807, 2.05) is 6.07 Å². The van der Waals surface area contributed by atoms with Crippen LogP contribution in [0.25, 0.3) is 0 Å². The van der Waals surface area contributed by atoms with Crippen LogP contribution in [0.4, 0.5) is 4.79 Å². The number of amides is 2. The molecule has 0 fully saturated rings. The summed E-state index contributed by atoms with van der Waals surface area (Å²) < 4.78 is 22.1. The van der Waals surface area contributed by atoms with Crippen molar-refractivity contribution in [1.29, 1.82) is 0 Å². The van der Waals surface area contributed by atoms with Crippen LogP contribution >= 0.6 is 7.60 Å². The van der Waals surface area contributed by atoms with Crippen LogP contribution in [-0.4, -0.2) is 46.9 Å². The second kappa shape index (κ2) is 12.0. The van der Waals surface area contributed by atoms with Crippen molar-refractivity contribution in [1.82, 2.24) is 10.6 Å². The number of hydrogen-bond acceptors (Lipinski definition) is 6. The monoisotopic (exact) mass is 464 g/mol. The summed E-state index contributed by atoms with van der Waals surface area (Å²) in [6.07, 6.45) is -1.58. The van der Waals surface area contributed by atoms with Gasteiger partial charge in [-0.15, -0.1) is 0 Å². The van der Waals surface area contributed by atoms with Crippen molar-refractivity contribution in [2.45, 2.75) is 25.5 Å². The molecular weight excluding hydrogens is 439 g/mol. The molecule has 0 aliphatic heterocycles. The summed E-state index contributed by atoms with van der Waals surface area (Å²) in [7, 11) is -4.33. The third-order valence-electron chi connectivity index (χ3n) is 4.34. The second-order valence-electron chi connectivity index (χ2n) is 6.86. The standard InChI is InChI=1S/C21H25N2O8P/c1-15(23-21(27)30-12-16-8-4-2-5-9-16)19(24)22-14-32(28,29)31-13-18(20(25)26)17-10-6-3-7-11-17/h2-11,15,18H,12-14H2,1H3,(H,22,24)(H,23,27)(H,25,26)(H,28,29). The molecule has 0 aromatic heterocycles. The van der Waals surface area contributed by atoms with E-state index in [4.69, 9.17) is 9.26 Å². The van der Waals surface area contributed by atoms with E-state index in [2.05, 4.69) is 10.6 Å². The topological polar surface area (TPSA) is 151 Å². The molecule has 0 bridgehead atoms. The Morgan fingerprint density at radius 1 is 1.03 bits per heavy atom. The fourth-order valence-corrected chi connectivity index (χ4v) is 3.40. The summed E-state index contributed by atoms with van der Waals surface area (Å²) in [4.78, 5) is 45.3. The minimum absolute atomic E-state index is 0.0207. The van der Waals surface area contributed by atoms with Crippen LogP contribution in [0.3, 0.4) is 0 Å². The Kier molecular flexibility index (Phi) is 9.39. The molecule has 11 heteroatoms. The average molecular weight is 464 g/mol. The molecule has 2 rings (SSSR count). The predicted molar refractivity (Wildman–Crippen MR) is 115 cm³/mol. The Morgan fingerprint density at radius 3 is 2.22 bits per heavy atom. The van der Waals surface area contributed by atoms with Crippen molar-refractivity contribution in [3.63, 3.8) is 0 Å². The third kappa shape index (κ3) is 8.50. The van der Waals surface area contributed by atoms with E-state index in [1.165, 1.54) is 6.92 Å². The molecule has 2 aromatic carbocycles. The summed E-state index contributed by atoms with van der Waals surface area (Å²) in [5.41, 5.74) is 1.18. The molecule has 3 atom stereocenters. The first-order valence-electron chi connectivity index (χ1n) is 9.67. The van der Waals surface area contributed by atoms with Crippen molar-refractivity contribution in [3.05, 3.63) is 71.8 Å². The van der Waals surface area contributed by atoms with Crippen molar-refractivity contribution in [2.75, 3.05) is 12.9 Å². The molecule has 172 valence electrons. The van der Waals surface area contributed by atoms with Gasteiger partial charge in [0.05, 0.1) is 6.61 Å². The van der Waals surface area contributed by atoms with E-state index in [9.17, 15) is 28.9 Å². The maximum absolute atomic E-state index is 12.2. The van der Waals surface area contributed by atoms with E-state index in [-0.39, 0.29) is 6.61 Å². The molecule has 3 unspecified atom stereocenters. The second-order valence-corrected chi connectivity index (χ2v) is 8.71. The molecule has 0 heterocycles. The van der Waals surface area contributed by atoms with E-state index in [0.717, 1.165) is 5.56 Å². The molecule has 0 aliphatic rings. The van der Waals surface area contributed by atoms with Gasteiger partial charge in [0.25, 0.3) is 0 Å². The molecule has 4 N–H and O–H groups in total. The number of nitrogens with one attached hydrogen (secondary N) is 2. The molecule has 0 spiro atoms. The van der Waals surface area contributed by atoms with E-state index in [1.54, 1.807) is 54.6 Å². The Labute approximate surface area is 185 Å². The lowest BCUT2D eigenvalue weighted by Gasteiger charge is -2.18. The van der Waals surface area contributed by atoms with Gasteiger partial charge in [-0.1, -0.05) is 60.7 Å². The summed E-state index contributed by atoms with van der Waals surface area (Å²) in [5.74, 6) is -3.10. The molecule has 2 aromatic rings. The SMILES string of the molecule is CC(NC(=O)OCc1ccccc1)C(=O)NCP(=O)(O)OCC(C(=O)O)c1ccccc1. The fourth-order valence-electron chi connectivity index (χ4n) is 2.57. The van der Waals surface area contributed by atoms with Gasteiger partial charge >= 0.3 is 19.7 Å². The first-order chi connectivity index (χ1) is 15.2. The number of rotatable bonds is 11. The maximum Gasteiger partial charge on any atom is 0.408 e. The lowest BCUT2D eigenvalue weighted by Crippen LogP contribution is -2.45. The lowest BCUT2D eigenvalue weighted by molar-refractivity contribution is -0.139. The lowest BCUT2D eigenvalue weighted by atomic mass is 10.0. The van der Waals surface area contributed by atoms with Gasteiger partial charge in [-0.05, 0) is 18.1 Å². The van der Waals surface area contributed by atoms with Gasteiger partial charge in [-0.3, -0.25) is 14.2 Å². The molecule has 0 aliphatic carbocycles. The summed E-state index contributed by atoms with van der Waals surface area (Å²) in [6.45, 7) is 0.841. The molecule has 32 heavy (non-hydrogen) atoms. The quantitative estimate of drug-likeness (QED) is 0.370. The first kappa shape index (κ1) is 25.1. The number of carboxylic acids is 1. The van der Waals surface area contributed by atoms with Crippen LogP contribution < -0.4 is 10.6 Å². The normalized spacial score (nSPS) is 14.4. The van der Waals surface area contributed by atoms with Gasteiger partial charge in [0.1, 0.15) is 24.9 Å². The van der Waals surface area contributed by atoms with Gasteiger partial charge in [0, 0.05) is 0 Å². The first-order valence-corrected chi connectivity index (χ1v) is 11.4. The number of ether oxygens (including phenoxy) is 1. The minimum Gasteiger partial charge on any atom is -0.481 e. The Balaban J connectivity index is 1.77. The summed E-state index contributed by atoms with van der Waals surface area (Å²) in [5, 5.41) is 13.9. The molecule has 0 saturated carbocycles. The number of hydrogen-bond donors (Lipinski definition) is 4. The van der Waals surface area contributed by atoms with Gasteiger partial charge in [0.15, 0.2) is 0 Å². The molecule has 0 saturated heterocycles. The van der Waals surface area contributed by atoms with Crippen LogP contribution in [0, 0.1) is 0 Å². The number of carbonyl (C=O) groups excluding carboxylic acids is 2. The zero-order valence-electron chi connectivity index (χ0n) is 17.3. The summed E-state index contributed by atoms with van der Waals surface area (Å²) in [6, 6.07) is 16.0. The molecule has 10 nitrogen and oxygen atoms in total. The highest BCUT2D eigenvalue weighted by atomic mass is 31.2. The minimum atomic E-state index is -4.33. The maximum atomic E-state index is 12.2. The predicted octanol–water partition coefficient (Wildman–Crippen LogP) is 2.45. The van der Waals surface area contributed by atoms with E-state index >= 15 is 0 Å². The Morgan fingerprint density at radius 2 is 1.62 bits per heavy atom. The summed E-state index contributed by atoms with van der Waals surface area (Å²) >= 11 is 0. The highest BCUT2D eigenvalue weighted by Crippen LogP contribution is 2.41. The van der Waals surface area contributed by atoms with E-state index < -0.39 is 50.4 Å². The van der Waals surface area contributed by atoms with Gasteiger partial charge < -0.3 is 29.9 Å². The zero-order valence-corrected chi connectivity index (χ0v) is 18.2. The van der Waals surface area contributed by atoms with Crippen molar-refractivity contribution >= 4 is 25.6 Å². The number of carbonyl (C=O) groups is 3. The van der Waals surface area contributed by atoms with Crippen LogP contribution in [0.2, 0.25) is 0 Å². The van der Waals surface area contributed by atoms with Crippen molar-refractivity contribution in [3.8, 4) is 0 Å². The number of alkyl carbamates (subject to hydrolysis) is 1. The zero-order chi connectivity index (χ0) is 23.6. The smallest absolute Gasteiger partial charge is 0.408 e. The van der Waals surface area contributed by atoms with Gasteiger partial charge in [-0.25, -0.2) is 4.79 Å². The van der Waals surface area contributed by atoms with Crippen LogP contribution in [0.1, 0.15) is 24.0 Å². The largest absolute Gasteiger partial charge is 0.481 e. The number of aliphatic carboxylic acids is 1. The molecular formula is C21H25N2O8P. The van der Waals surface area contributed by atoms with Crippen molar-refractivity contribution < 1.29 is 38.2 Å². The Hall–Kier alpha value is -3.20. The number of carboxylic acid groups (broad SMARTS) is 1. The van der Waals surface area contributed by atoms with Gasteiger partial charge in [0.2, 0.25) is 5.91 Å². The number of benzene rings is 2. The Bertz CT molecular complexity index is 955. The van der Waals surface area contributed by atoms with Crippen LogP contribution in [0.5, 0.6) is 0 Å². The molecule has 0 radical (unpaired) electrons. The third-order valence-corrected chi connectivity index (χ3v) is 5.45. The highest BCUT2D eigenvalue weighted by Gasteiger charge is 2.28. The van der Waals surface area contributed by atoms with Crippen LogP contribution in [0.15, 0.2) is 60.7 Å². The molecule has 2 amide bonds. The van der Waals surface area contributed by atoms with E-state index in [0.29, 0.717) is 5.56 Å².